The molecule has 1 fully saturated rings. The number of hydrogen-bond acceptors (Lipinski definition) is 4. The fourth-order valence-electron chi connectivity index (χ4n) is 2.62. The van der Waals surface area contributed by atoms with Crippen LogP contribution in [0, 0.1) is 17.8 Å². The third-order valence-electron chi connectivity index (χ3n) is 4.70. The first kappa shape index (κ1) is 15.5. The molecule has 1 aliphatic rings. The van der Waals surface area contributed by atoms with Crippen molar-refractivity contribution < 1.29 is 13.2 Å². The van der Waals surface area contributed by atoms with Crippen LogP contribution in [-0.2, 0) is 10.0 Å². The van der Waals surface area contributed by atoms with Gasteiger partial charge in [-0.3, -0.25) is 4.79 Å². The van der Waals surface area contributed by atoms with E-state index < -0.39 is 10.0 Å². The molecule has 5 nitrogen and oxygen atoms in total. The molecule has 0 unspecified atom stereocenters. The Morgan fingerprint density at radius 3 is 2.15 bits per heavy atom. The lowest BCUT2D eigenvalue weighted by molar-refractivity contribution is 0.0947. The zero-order valence-corrected chi connectivity index (χ0v) is 13.9. The van der Waals surface area contributed by atoms with Crippen molar-refractivity contribution in [3.05, 3.63) is 15.8 Å². The molecule has 1 aromatic heterocycles. The van der Waals surface area contributed by atoms with Crippen LogP contribution in [0.5, 0.6) is 0 Å². The van der Waals surface area contributed by atoms with Gasteiger partial charge in [0.05, 0.1) is 9.77 Å². The normalized spacial score (nSPS) is 20.7. The minimum atomic E-state index is -3.77. The maximum Gasteiger partial charge on any atom is 0.261 e. The van der Waals surface area contributed by atoms with Crippen molar-refractivity contribution in [3.63, 3.8) is 0 Å². The monoisotopic (exact) mass is 316 g/mol. The molecule has 0 aliphatic heterocycles. The van der Waals surface area contributed by atoms with Gasteiger partial charge in [-0.05, 0) is 23.8 Å². The van der Waals surface area contributed by atoms with Crippen LogP contribution in [0.25, 0.3) is 0 Å². The molecule has 0 saturated heterocycles. The number of carbonyl (C=O) groups excluding carboxylic acids is 1. The molecular weight excluding hydrogens is 296 g/mol. The minimum Gasteiger partial charge on any atom is -0.347 e. The predicted octanol–water partition coefficient (Wildman–Crippen LogP) is 1.87. The molecule has 0 bridgehead atoms. The molecule has 1 aliphatic carbocycles. The summed E-state index contributed by atoms with van der Waals surface area (Å²) in [5.74, 6) is -0.239. The van der Waals surface area contributed by atoms with Crippen LogP contribution in [0.4, 0.5) is 0 Å². The van der Waals surface area contributed by atoms with E-state index in [9.17, 15) is 13.2 Å². The summed E-state index contributed by atoms with van der Waals surface area (Å²) in [6, 6.07) is 1.44. The summed E-state index contributed by atoms with van der Waals surface area (Å²) < 4.78 is 22.8. The molecule has 1 saturated carbocycles. The summed E-state index contributed by atoms with van der Waals surface area (Å²) in [5, 5.41) is 8.10. The molecule has 20 heavy (non-hydrogen) atoms. The second-order valence-electron chi connectivity index (χ2n) is 6.43. The summed E-state index contributed by atoms with van der Waals surface area (Å²) in [7, 11) is -3.77. The number of hydrogen-bond donors (Lipinski definition) is 2. The van der Waals surface area contributed by atoms with Crippen LogP contribution in [0.1, 0.15) is 42.2 Å². The van der Waals surface area contributed by atoms with E-state index >= 15 is 0 Å². The van der Waals surface area contributed by atoms with Crippen LogP contribution in [0.15, 0.2) is 11.0 Å². The fourth-order valence-corrected chi connectivity index (χ4v) is 4.67. The first-order valence-corrected chi connectivity index (χ1v) is 8.69. The van der Waals surface area contributed by atoms with Gasteiger partial charge in [-0.1, -0.05) is 27.7 Å². The van der Waals surface area contributed by atoms with Gasteiger partial charge in [-0.2, -0.15) is 0 Å². The standard InChI is InChI=1S/C13H20N2O3S2/c1-7-9(20(14,17)18)6-8(19-7)10(16)15-11-12(2,3)13(11,4)5/h6,11H,1-5H3,(H,15,16)(H2,14,17,18). The van der Waals surface area contributed by atoms with E-state index in [1.807, 2.05) is 0 Å². The highest BCUT2D eigenvalue weighted by atomic mass is 32.2. The van der Waals surface area contributed by atoms with Crippen molar-refractivity contribution in [2.45, 2.75) is 45.6 Å². The second kappa shape index (κ2) is 4.29. The van der Waals surface area contributed by atoms with E-state index in [0.717, 1.165) is 11.3 Å². The lowest BCUT2D eigenvalue weighted by atomic mass is 10.0. The average molecular weight is 316 g/mol. The summed E-state index contributed by atoms with van der Waals surface area (Å²) in [6.07, 6.45) is 0. The maximum atomic E-state index is 12.2. The fraction of sp³-hybridized carbons (Fsp3) is 0.615. The van der Waals surface area contributed by atoms with Gasteiger partial charge in [0.25, 0.3) is 5.91 Å². The molecule has 0 spiro atoms. The van der Waals surface area contributed by atoms with Crippen molar-refractivity contribution >= 4 is 27.3 Å². The zero-order valence-electron chi connectivity index (χ0n) is 12.3. The van der Waals surface area contributed by atoms with E-state index in [1.54, 1.807) is 6.92 Å². The van der Waals surface area contributed by atoms with Gasteiger partial charge in [-0.15, -0.1) is 11.3 Å². The highest BCUT2D eigenvalue weighted by Gasteiger charge is 2.65. The number of nitrogens with one attached hydrogen (secondary N) is 1. The Kier molecular flexibility index (Phi) is 3.31. The largest absolute Gasteiger partial charge is 0.347 e. The first-order chi connectivity index (χ1) is 8.89. The van der Waals surface area contributed by atoms with Crippen LogP contribution < -0.4 is 10.5 Å². The van der Waals surface area contributed by atoms with Crippen LogP contribution >= 0.6 is 11.3 Å². The topological polar surface area (TPSA) is 89.3 Å². The van der Waals surface area contributed by atoms with E-state index in [4.69, 9.17) is 5.14 Å². The molecule has 0 radical (unpaired) electrons. The summed E-state index contributed by atoms with van der Waals surface area (Å²) in [5.41, 5.74) is 0.0788. The highest BCUT2D eigenvalue weighted by Crippen LogP contribution is 2.62. The summed E-state index contributed by atoms with van der Waals surface area (Å²) >= 11 is 1.15. The van der Waals surface area contributed by atoms with Gasteiger partial charge < -0.3 is 5.32 Å². The molecule has 2 rings (SSSR count). The molecule has 1 aromatic rings. The molecule has 112 valence electrons. The molecule has 1 amide bonds. The van der Waals surface area contributed by atoms with Crippen molar-refractivity contribution in [1.29, 1.82) is 0 Å². The molecule has 0 atom stereocenters. The maximum absolute atomic E-state index is 12.2. The van der Waals surface area contributed by atoms with Gasteiger partial charge >= 0.3 is 0 Å². The number of primary sulfonamides is 1. The lowest BCUT2D eigenvalue weighted by Gasteiger charge is -2.04. The van der Waals surface area contributed by atoms with Gasteiger partial charge in [0.2, 0.25) is 10.0 Å². The van der Waals surface area contributed by atoms with Crippen molar-refractivity contribution in [2.24, 2.45) is 16.0 Å². The summed E-state index contributed by atoms with van der Waals surface area (Å²) in [4.78, 5) is 13.2. The number of carbonyl (C=O) groups is 1. The second-order valence-corrected chi connectivity index (χ2v) is 9.21. The Labute approximate surface area is 123 Å². The van der Waals surface area contributed by atoms with Crippen molar-refractivity contribution in [3.8, 4) is 0 Å². The number of sulfonamides is 1. The number of aryl methyl sites for hydroxylation is 1. The van der Waals surface area contributed by atoms with E-state index in [0.29, 0.717) is 9.75 Å². The minimum absolute atomic E-state index is 0.0296. The molecule has 7 heteroatoms. The van der Waals surface area contributed by atoms with Gasteiger partial charge in [0.1, 0.15) is 0 Å². The Hall–Kier alpha value is -0.920. The molecule has 0 aromatic carbocycles. The van der Waals surface area contributed by atoms with E-state index in [-0.39, 0.29) is 27.7 Å². The Bertz CT molecular complexity index is 658. The van der Waals surface area contributed by atoms with Crippen LogP contribution in [0.3, 0.4) is 0 Å². The van der Waals surface area contributed by atoms with Gasteiger partial charge in [0, 0.05) is 10.9 Å². The number of thiophene rings is 1. The summed E-state index contributed by atoms with van der Waals surface area (Å²) in [6.45, 7) is 10.1. The predicted molar refractivity (Wildman–Crippen MR) is 79.2 cm³/mol. The number of nitrogens with two attached hydrogens (primary N) is 1. The third kappa shape index (κ3) is 2.27. The highest BCUT2D eigenvalue weighted by molar-refractivity contribution is 7.89. The lowest BCUT2D eigenvalue weighted by Crippen LogP contribution is -2.29. The quantitative estimate of drug-likeness (QED) is 0.892. The zero-order chi connectivity index (χ0) is 15.5. The van der Waals surface area contributed by atoms with E-state index in [2.05, 4.69) is 33.0 Å². The first-order valence-electron chi connectivity index (χ1n) is 6.33. The van der Waals surface area contributed by atoms with Crippen molar-refractivity contribution in [1.82, 2.24) is 5.32 Å². The Balaban J connectivity index is 2.21. The molecule has 1 heterocycles. The smallest absolute Gasteiger partial charge is 0.261 e. The van der Waals surface area contributed by atoms with Gasteiger partial charge in [0.15, 0.2) is 0 Å². The molecular formula is C13H20N2O3S2. The number of amides is 1. The SMILES string of the molecule is Cc1sc(C(=O)NC2C(C)(C)C2(C)C)cc1S(N)(=O)=O. The van der Waals surface area contributed by atoms with Crippen LogP contribution in [-0.4, -0.2) is 20.4 Å². The van der Waals surface area contributed by atoms with Gasteiger partial charge in [-0.25, -0.2) is 13.6 Å². The number of rotatable bonds is 3. The Morgan fingerprint density at radius 2 is 1.80 bits per heavy atom. The average Bonchev–Trinajstić information content (AvgIpc) is 2.64. The Morgan fingerprint density at radius 1 is 1.30 bits per heavy atom. The van der Waals surface area contributed by atoms with E-state index in [1.165, 1.54) is 6.07 Å². The third-order valence-corrected chi connectivity index (χ3v) is 6.91. The van der Waals surface area contributed by atoms with Crippen molar-refractivity contribution in [2.75, 3.05) is 0 Å². The van der Waals surface area contributed by atoms with Crippen LogP contribution in [0.2, 0.25) is 0 Å². The molecule has 3 N–H and O–H groups in total.